The summed E-state index contributed by atoms with van der Waals surface area (Å²) in [6, 6.07) is 8.97. The highest BCUT2D eigenvalue weighted by Gasteiger charge is 2.47. The maximum Gasteiger partial charge on any atom is 0.332 e. The van der Waals surface area contributed by atoms with Crippen molar-refractivity contribution in [2.24, 2.45) is 0 Å². The van der Waals surface area contributed by atoms with Crippen LogP contribution >= 0.6 is 23.2 Å². The maximum atomic E-state index is 13.4. The molecule has 1 saturated carbocycles. The minimum Gasteiger partial charge on any atom is -0.489 e. The van der Waals surface area contributed by atoms with E-state index in [1.807, 2.05) is 19.1 Å². The molecule has 0 radical (unpaired) electrons. The van der Waals surface area contributed by atoms with Crippen LogP contribution in [0.15, 0.2) is 30.3 Å². The maximum absolute atomic E-state index is 13.4. The summed E-state index contributed by atoms with van der Waals surface area (Å²) in [6.45, 7) is 3.88. The standard InChI is InChI=1S/C24H25Cl2NO4/c1-3-30-23(29)24(12-15-10-19(25)20(26)11-16(15)13-24)27-22(28)18-9-4-6-14(2)21(18)31-17-7-5-8-17/h4,6,9-11,17H,3,5,7-8,12-13H2,1-2H3,(H,27,28). The van der Waals surface area contributed by atoms with E-state index in [9.17, 15) is 9.59 Å². The molecule has 2 aliphatic carbocycles. The Kier molecular flexibility index (Phi) is 6.18. The van der Waals surface area contributed by atoms with Gasteiger partial charge in [-0.15, -0.1) is 0 Å². The van der Waals surface area contributed by atoms with Crippen LogP contribution in [-0.2, 0) is 22.4 Å². The van der Waals surface area contributed by atoms with Gasteiger partial charge in [-0.05, 0) is 68.0 Å². The average molecular weight is 462 g/mol. The van der Waals surface area contributed by atoms with Gasteiger partial charge in [0.25, 0.3) is 5.91 Å². The Hall–Kier alpha value is -2.24. The van der Waals surface area contributed by atoms with E-state index in [2.05, 4.69) is 5.32 Å². The molecule has 0 bridgehead atoms. The number of aryl methyl sites for hydroxylation is 1. The molecular weight excluding hydrogens is 437 g/mol. The van der Waals surface area contributed by atoms with Crippen LogP contribution in [0.3, 0.4) is 0 Å². The first-order chi connectivity index (χ1) is 14.8. The minimum absolute atomic E-state index is 0.131. The van der Waals surface area contributed by atoms with E-state index in [1.165, 1.54) is 0 Å². The molecule has 1 N–H and O–H groups in total. The summed E-state index contributed by atoms with van der Waals surface area (Å²) in [6.07, 6.45) is 3.81. The number of rotatable bonds is 6. The van der Waals surface area contributed by atoms with Crippen LogP contribution in [0.1, 0.15) is 53.2 Å². The van der Waals surface area contributed by atoms with Crippen molar-refractivity contribution in [3.8, 4) is 5.75 Å². The van der Waals surface area contributed by atoms with Gasteiger partial charge in [-0.2, -0.15) is 0 Å². The Morgan fingerprint density at radius 1 is 1.13 bits per heavy atom. The largest absolute Gasteiger partial charge is 0.489 e. The normalized spacial score (nSPS) is 16.9. The molecule has 5 nitrogen and oxygen atoms in total. The molecule has 164 valence electrons. The zero-order valence-electron chi connectivity index (χ0n) is 17.6. The molecule has 0 atom stereocenters. The summed E-state index contributed by atoms with van der Waals surface area (Å²) in [4.78, 5) is 26.4. The van der Waals surface area contributed by atoms with E-state index in [-0.39, 0.29) is 31.5 Å². The first kappa shape index (κ1) is 22.0. The fraction of sp³-hybridized carbons (Fsp3) is 0.417. The van der Waals surface area contributed by atoms with E-state index in [4.69, 9.17) is 32.7 Å². The third kappa shape index (κ3) is 4.26. The number of benzene rings is 2. The van der Waals surface area contributed by atoms with E-state index in [1.54, 1.807) is 25.1 Å². The molecule has 1 amide bonds. The van der Waals surface area contributed by atoms with Gasteiger partial charge in [-0.3, -0.25) is 4.79 Å². The zero-order valence-corrected chi connectivity index (χ0v) is 19.1. The van der Waals surface area contributed by atoms with Crippen LogP contribution in [0.5, 0.6) is 5.75 Å². The number of esters is 1. The van der Waals surface area contributed by atoms with Crippen LogP contribution in [0.2, 0.25) is 10.0 Å². The molecule has 0 unspecified atom stereocenters. The molecule has 0 spiro atoms. The smallest absolute Gasteiger partial charge is 0.332 e. The Balaban J connectivity index is 1.65. The molecule has 7 heteroatoms. The molecule has 0 aromatic heterocycles. The second-order valence-corrected chi connectivity index (χ2v) is 9.08. The highest BCUT2D eigenvalue weighted by molar-refractivity contribution is 6.42. The van der Waals surface area contributed by atoms with Gasteiger partial charge in [-0.1, -0.05) is 35.3 Å². The predicted molar refractivity (Wildman–Crippen MR) is 120 cm³/mol. The molecule has 2 aromatic carbocycles. The van der Waals surface area contributed by atoms with Crippen molar-refractivity contribution in [2.45, 2.75) is 57.6 Å². The number of carbonyl (C=O) groups is 2. The van der Waals surface area contributed by atoms with Crippen molar-refractivity contribution in [1.82, 2.24) is 5.32 Å². The number of nitrogens with one attached hydrogen (secondary N) is 1. The molecule has 2 aliphatic rings. The topological polar surface area (TPSA) is 64.6 Å². The van der Waals surface area contributed by atoms with E-state index >= 15 is 0 Å². The lowest BCUT2D eigenvalue weighted by atomic mass is 9.94. The lowest BCUT2D eigenvalue weighted by molar-refractivity contribution is -0.150. The molecule has 2 aromatic rings. The summed E-state index contributed by atoms with van der Waals surface area (Å²) in [5.74, 6) is -0.262. The molecule has 0 saturated heterocycles. The van der Waals surface area contributed by atoms with Crippen LogP contribution in [-0.4, -0.2) is 30.1 Å². The van der Waals surface area contributed by atoms with Crippen LogP contribution < -0.4 is 10.1 Å². The number of hydrogen-bond acceptors (Lipinski definition) is 4. The van der Waals surface area contributed by atoms with Gasteiger partial charge in [0, 0.05) is 12.8 Å². The number of hydrogen-bond donors (Lipinski definition) is 1. The summed E-state index contributed by atoms with van der Waals surface area (Å²) in [5.41, 5.74) is 1.83. The van der Waals surface area contributed by atoms with Gasteiger partial charge in [-0.25, -0.2) is 4.79 Å². The number of ether oxygens (including phenoxy) is 2. The number of carbonyl (C=O) groups excluding carboxylic acids is 2. The van der Waals surface area contributed by atoms with E-state index in [0.29, 0.717) is 21.4 Å². The van der Waals surface area contributed by atoms with Crippen LogP contribution in [0.25, 0.3) is 0 Å². The number of halogens is 2. The van der Waals surface area contributed by atoms with Crippen molar-refractivity contribution >= 4 is 35.1 Å². The molecular formula is C24H25Cl2NO4. The Morgan fingerprint density at radius 3 is 2.32 bits per heavy atom. The van der Waals surface area contributed by atoms with Gasteiger partial charge in [0.1, 0.15) is 11.3 Å². The fourth-order valence-corrected chi connectivity index (χ4v) is 4.52. The quantitative estimate of drug-likeness (QED) is 0.610. The van der Waals surface area contributed by atoms with Gasteiger partial charge in [0.05, 0.1) is 28.3 Å². The Labute approximate surface area is 192 Å². The third-order valence-electron chi connectivity index (χ3n) is 6.04. The number of para-hydroxylation sites is 1. The predicted octanol–water partition coefficient (Wildman–Crippen LogP) is 5.06. The SMILES string of the molecule is CCOC(=O)C1(NC(=O)c2cccc(C)c2OC2CCC2)Cc2cc(Cl)c(Cl)cc2C1. The molecule has 0 heterocycles. The lowest BCUT2D eigenvalue weighted by Gasteiger charge is -2.30. The van der Waals surface area contributed by atoms with E-state index in [0.717, 1.165) is 36.0 Å². The number of fused-ring (bicyclic) bond motifs is 1. The summed E-state index contributed by atoms with van der Waals surface area (Å²) >= 11 is 12.4. The van der Waals surface area contributed by atoms with Gasteiger partial charge >= 0.3 is 5.97 Å². The third-order valence-corrected chi connectivity index (χ3v) is 6.76. The highest BCUT2D eigenvalue weighted by atomic mass is 35.5. The van der Waals surface area contributed by atoms with Crippen molar-refractivity contribution in [3.63, 3.8) is 0 Å². The van der Waals surface area contributed by atoms with Gasteiger partial charge in [0.15, 0.2) is 0 Å². The summed E-state index contributed by atoms with van der Waals surface area (Å²) in [5, 5.41) is 3.81. The lowest BCUT2D eigenvalue weighted by Crippen LogP contribution is -2.56. The second-order valence-electron chi connectivity index (χ2n) is 8.27. The molecule has 0 aliphatic heterocycles. The minimum atomic E-state index is -1.22. The second kappa shape index (κ2) is 8.71. The summed E-state index contributed by atoms with van der Waals surface area (Å²) < 4.78 is 11.5. The van der Waals surface area contributed by atoms with Crippen molar-refractivity contribution in [3.05, 3.63) is 62.6 Å². The van der Waals surface area contributed by atoms with Gasteiger partial charge in [0.2, 0.25) is 0 Å². The molecule has 1 fully saturated rings. The van der Waals surface area contributed by atoms with Crippen molar-refractivity contribution in [2.75, 3.05) is 6.61 Å². The average Bonchev–Trinajstić information content (AvgIpc) is 3.04. The van der Waals surface area contributed by atoms with Crippen LogP contribution in [0.4, 0.5) is 0 Å². The number of amides is 1. The van der Waals surface area contributed by atoms with Crippen molar-refractivity contribution < 1.29 is 19.1 Å². The van der Waals surface area contributed by atoms with E-state index < -0.39 is 11.5 Å². The first-order valence-electron chi connectivity index (χ1n) is 10.6. The van der Waals surface area contributed by atoms with Crippen LogP contribution in [0, 0.1) is 6.92 Å². The summed E-state index contributed by atoms with van der Waals surface area (Å²) in [7, 11) is 0. The van der Waals surface area contributed by atoms with Crippen molar-refractivity contribution in [1.29, 1.82) is 0 Å². The molecule has 4 rings (SSSR count). The Bertz CT molecular complexity index is 1000. The van der Waals surface area contributed by atoms with Gasteiger partial charge < -0.3 is 14.8 Å². The Morgan fingerprint density at radius 2 is 1.77 bits per heavy atom. The fourth-order valence-electron chi connectivity index (χ4n) is 4.15. The monoisotopic (exact) mass is 461 g/mol. The highest BCUT2D eigenvalue weighted by Crippen LogP contribution is 2.37. The zero-order chi connectivity index (χ0) is 22.2. The molecule has 31 heavy (non-hydrogen) atoms. The first-order valence-corrected chi connectivity index (χ1v) is 11.3.